The zero-order valence-electron chi connectivity index (χ0n) is 18.0. The number of sulfonamides is 1. The average molecular weight is 493 g/mol. The number of anilines is 1. The van der Waals surface area contributed by atoms with Gasteiger partial charge in [-0.1, -0.05) is 18.2 Å². The molecule has 0 spiro atoms. The van der Waals surface area contributed by atoms with E-state index in [4.69, 9.17) is 9.15 Å². The molecule has 1 amide bonds. The Morgan fingerprint density at radius 2 is 1.64 bits per heavy atom. The fraction of sp³-hybridized carbons (Fsp3) is 0.227. The molecule has 176 valence electrons. The second-order valence-electron chi connectivity index (χ2n) is 7.30. The van der Waals surface area contributed by atoms with Crippen molar-refractivity contribution >= 4 is 31.5 Å². The second-order valence-corrected chi connectivity index (χ2v) is 11.0. The molecule has 0 saturated heterocycles. The van der Waals surface area contributed by atoms with Gasteiger partial charge in [-0.2, -0.15) is 0 Å². The van der Waals surface area contributed by atoms with Crippen LogP contribution in [-0.2, 0) is 30.4 Å². The maximum atomic E-state index is 12.7. The molecule has 1 aromatic heterocycles. The Balaban J connectivity index is 1.71. The molecule has 1 unspecified atom stereocenters. The first-order valence-corrected chi connectivity index (χ1v) is 13.0. The van der Waals surface area contributed by atoms with E-state index in [9.17, 15) is 21.6 Å². The van der Waals surface area contributed by atoms with Gasteiger partial charge in [-0.05, 0) is 49.4 Å². The van der Waals surface area contributed by atoms with Crippen molar-refractivity contribution in [2.75, 3.05) is 19.0 Å². The molecule has 2 aromatic carbocycles. The molecule has 0 aliphatic heterocycles. The summed E-state index contributed by atoms with van der Waals surface area (Å²) in [6.45, 7) is 1.90. The van der Waals surface area contributed by atoms with Crippen molar-refractivity contribution in [3.05, 3.63) is 78.3 Å². The first-order valence-electron chi connectivity index (χ1n) is 9.89. The van der Waals surface area contributed by atoms with Gasteiger partial charge in [0.15, 0.2) is 15.6 Å². The molecular weight excluding hydrogens is 468 g/mol. The van der Waals surface area contributed by atoms with Crippen molar-refractivity contribution < 1.29 is 30.8 Å². The molecule has 0 aliphatic rings. The van der Waals surface area contributed by atoms with Gasteiger partial charge in [-0.25, -0.2) is 21.6 Å². The average Bonchev–Trinajstić information content (AvgIpc) is 3.22. The van der Waals surface area contributed by atoms with Gasteiger partial charge in [0, 0.05) is 24.4 Å². The molecule has 0 fully saturated rings. The fourth-order valence-electron chi connectivity index (χ4n) is 3.09. The number of ether oxygens (including phenoxy) is 1. The van der Waals surface area contributed by atoms with Crippen LogP contribution >= 0.6 is 0 Å². The largest absolute Gasteiger partial charge is 0.459 e. The lowest BCUT2D eigenvalue weighted by molar-refractivity contribution is 0.0995. The number of rotatable bonds is 10. The van der Waals surface area contributed by atoms with E-state index >= 15 is 0 Å². The van der Waals surface area contributed by atoms with E-state index in [2.05, 4.69) is 10.0 Å². The molecule has 3 rings (SSSR count). The quantitative estimate of drug-likeness (QED) is 0.445. The number of nitrogens with one attached hydrogen (secondary N) is 2. The van der Waals surface area contributed by atoms with Crippen LogP contribution in [0.2, 0.25) is 0 Å². The summed E-state index contributed by atoms with van der Waals surface area (Å²) in [6.07, 6.45) is 1.24. The van der Waals surface area contributed by atoms with Gasteiger partial charge < -0.3 is 14.5 Å². The van der Waals surface area contributed by atoms with E-state index in [1.54, 1.807) is 25.1 Å². The summed E-state index contributed by atoms with van der Waals surface area (Å²) in [4.78, 5) is 12.8. The molecule has 0 radical (unpaired) electrons. The van der Waals surface area contributed by atoms with E-state index in [-0.39, 0.29) is 27.7 Å². The minimum atomic E-state index is -3.75. The minimum Gasteiger partial charge on any atom is -0.459 e. The van der Waals surface area contributed by atoms with E-state index < -0.39 is 37.6 Å². The lowest BCUT2D eigenvalue weighted by Gasteiger charge is -2.13. The number of furan rings is 1. The summed E-state index contributed by atoms with van der Waals surface area (Å²) in [5, 5.41) is 2.59. The standard InChI is InChI=1S/C22H24N2O7S2/c1-16(14-30-2)24-33(28,29)20-10-8-18(9-11-20)23-22(25)21-17(12-13-31-21)15-32(26,27)19-6-4-3-5-7-19/h3-13,16,24H,14-15H2,1-2H3,(H,23,25). The zero-order valence-corrected chi connectivity index (χ0v) is 19.6. The molecular formula is C22H24N2O7S2. The van der Waals surface area contributed by atoms with Crippen LogP contribution in [0.4, 0.5) is 5.69 Å². The number of sulfone groups is 1. The number of carbonyl (C=O) groups excluding carboxylic acids is 1. The summed E-state index contributed by atoms with van der Waals surface area (Å²) in [6, 6.07) is 14.5. The Morgan fingerprint density at radius 3 is 2.27 bits per heavy atom. The number of hydrogen-bond acceptors (Lipinski definition) is 7. The third-order valence-electron chi connectivity index (χ3n) is 4.60. The number of carbonyl (C=O) groups is 1. The van der Waals surface area contributed by atoms with Crippen molar-refractivity contribution in [3.8, 4) is 0 Å². The number of hydrogen-bond donors (Lipinski definition) is 2. The van der Waals surface area contributed by atoms with Gasteiger partial charge >= 0.3 is 0 Å². The van der Waals surface area contributed by atoms with Crippen molar-refractivity contribution in [3.63, 3.8) is 0 Å². The van der Waals surface area contributed by atoms with Gasteiger partial charge in [0.2, 0.25) is 10.0 Å². The molecule has 0 bridgehead atoms. The molecule has 0 aliphatic carbocycles. The predicted octanol–water partition coefficient (Wildman–Crippen LogP) is 2.82. The lowest BCUT2D eigenvalue weighted by atomic mass is 10.2. The Labute approximate surface area is 192 Å². The summed E-state index contributed by atoms with van der Waals surface area (Å²) in [7, 11) is -5.95. The SMILES string of the molecule is COCC(C)NS(=O)(=O)c1ccc(NC(=O)c2occc2CS(=O)(=O)c2ccccc2)cc1. The van der Waals surface area contributed by atoms with Crippen LogP contribution in [0.25, 0.3) is 0 Å². The van der Waals surface area contributed by atoms with Gasteiger partial charge in [0.25, 0.3) is 5.91 Å². The number of benzene rings is 2. The highest BCUT2D eigenvalue weighted by Crippen LogP contribution is 2.21. The van der Waals surface area contributed by atoms with Gasteiger partial charge in [0.1, 0.15) is 0 Å². The Kier molecular flexibility index (Phi) is 7.69. The van der Waals surface area contributed by atoms with E-state index in [0.29, 0.717) is 5.69 Å². The maximum Gasteiger partial charge on any atom is 0.291 e. The molecule has 3 aromatic rings. The van der Waals surface area contributed by atoms with E-state index in [0.717, 1.165) is 0 Å². The molecule has 1 heterocycles. The van der Waals surface area contributed by atoms with Crippen molar-refractivity contribution in [1.29, 1.82) is 0 Å². The normalized spacial score (nSPS) is 12.9. The topological polar surface area (TPSA) is 132 Å². The van der Waals surface area contributed by atoms with Crippen LogP contribution in [0.5, 0.6) is 0 Å². The highest BCUT2D eigenvalue weighted by molar-refractivity contribution is 7.90. The van der Waals surface area contributed by atoms with Crippen molar-refractivity contribution in [2.45, 2.75) is 28.5 Å². The number of amides is 1. The van der Waals surface area contributed by atoms with E-state index in [1.165, 1.54) is 55.8 Å². The zero-order chi connectivity index (χ0) is 24.1. The smallest absolute Gasteiger partial charge is 0.291 e. The fourth-order valence-corrected chi connectivity index (χ4v) is 5.69. The van der Waals surface area contributed by atoms with Gasteiger partial charge in [-0.15, -0.1) is 0 Å². The molecule has 9 nitrogen and oxygen atoms in total. The maximum absolute atomic E-state index is 12.7. The second kappa shape index (κ2) is 10.3. The van der Waals surface area contributed by atoms with Crippen LogP contribution in [-0.4, -0.2) is 42.5 Å². The molecule has 0 saturated carbocycles. The summed E-state index contributed by atoms with van der Waals surface area (Å²) in [5.41, 5.74) is 0.532. The van der Waals surface area contributed by atoms with E-state index in [1.807, 2.05) is 0 Å². The first kappa shape index (κ1) is 24.6. The highest BCUT2D eigenvalue weighted by Gasteiger charge is 2.23. The monoisotopic (exact) mass is 492 g/mol. The van der Waals surface area contributed by atoms with Crippen molar-refractivity contribution in [2.24, 2.45) is 0 Å². The lowest BCUT2D eigenvalue weighted by Crippen LogP contribution is -2.35. The third-order valence-corrected chi connectivity index (χ3v) is 7.88. The Morgan fingerprint density at radius 1 is 0.970 bits per heavy atom. The van der Waals surface area contributed by atoms with Crippen molar-refractivity contribution in [1.82, 2.24) is 4.72 Å². The van der Waals surface area contributed by atoms with Crippen LogP contribution in [0.15, 0.2) is 81.1 Å². The van der Waals surface area contributed by atoms with Crippen LogP contribution in [0, 0.1) is 0 Å². The van der Waals surface area contributed by atoms with Gasteiger partial charge in [-0.3, -0.25) is 4.79 Å². The summed E-state index contributed by atoms with van der Waals surface area (Å²) < 4.78 is 62.7. The molecule has 1 atom stereocenters. The van der Waals surface area contributed by atoms with Crippen LogP contribution in [0.3, 0.4) is 0 Å². The van der Waals surface area contributed by atoms with Gasteiger partial charge in [0.05, 0.1) is 28.4 Å². The highest BCUT2D eigenvalue weighted by atomic mass is 32.2. The Hall–Kier alpha value is -2.99. The third kappa shape index (κ3) is 6.29. The Bertz CT molecular complexity index is 1300. The molecule has 2 N–H and O–H groups in total. The minimum absolute atomic E-state index is 0.0242. The first-order chi connectivity index (χ1) is 15.6. The summed E-state index contributed by atoms with van der Waals surface area (Å²) in [5.74, 6) is -1.19. The molecule has 33 heavy (non-hydrogen) atoms. The summed E-state index contributed by atoms with van der Waals surface area (Å²) >= 11 is 0. The van der Waals surface area contributed by atoms with Crippen LogP contribution < -0.4 is 10.0 Å². The number of methoxy groups -OCH3 is 1. The predicted molar refractivity (Wildman–Crippen MR) is 122 cm³/mol. The van der Waals surface area contributed by atoms with Crippen LogP contribution in [0.1, 0.15) is 23.0 Å². The molecule has 11 heteroatoms.